The van der Waals surface area contributed by atoms with Gasteiger partial charge in [0.1, 0.15) is 12.7 Å². The molecule has 0 radical (unpaired) electrons. The van der Waals surface area contributed by atoms with E-state index in [2.05, 4.69) is 33.8 Å². The highest BCUT2D eigenvalue weighted by Gasteiger charge is 2.66. The summed E-state index contributed by atoms with van der Waals surface area (Å²) in [4.78, 5) is 12.1. The van der Waals surface area contributed by atoms with Crippen molar-refractivity contribution in [1.82, 2.24) is 0 Å². The molecule has 0 aromatic rings. The van der Waals surface area contributed by atoms with Crippen molar-refractivity contribution < 1.29 is 19.0 Å². The number of carbonyl (C=O) groups is 1. The minimum Gasteiger partial charge on any atom is -0.459 e. The third kappa shape index (κ3) is 2.81. The number of hydrogen-bond acceptors (Lipinski definition) is 4. The summed E-state index contributed by atoms with van der Waals surface area (Å²) in [5.74, 6) is 1.77. The maximum absolute atomic E-state index is 12.1. The van der Waals surface area contributed by atoms with Gasteiger partial charge in [-0.25, -0.2) is 4.79 Å². The van der Waals surface area contributed by atoms with Crippen LogP contribution in [-0.4, -0.2) is 38.0 Å². The number of cyclic esters (lactones) is 1. The smallest absolute Gasteiger partial charge is 0.336 e. The van der Waals surface area contributed by atoms with E-state index in [0.717, 1.165) is 24.9 Å². The van der Waals surface area contributed by atoms with Crippen LogP contribution in [0.5, 0.6) is 0 Å². The van der Waals surface area contributed by atoms with Gasteiger partial charge in [-0.3, -0.25) is 0 Å². The fourth-order valence-corrected chi connectivity index (χ4v) is 7.00. The molecule has 4 fully saturated rings. The number of esters is 1. The second-order valence-corrected chi connectivity index (χ2v) is 10.0. The van der Waals surface area contributed by atoms with Gasteiger partial charge < -0.3 is 14.2 Å². The van der Waals surface area contributed by atoms with E-state index in [1.807, 2.05) is 0 Å². The molecule has 3 unspecified atom stereocenters. The van der Waals surface area contributed by atoms with E-state index in [4.69, 9.17) is 14.2 Å². The molecule has 7 atom stereocenters. The van der Waals surface area contributed by atoms with Crippen molar-refractivity contribution in [3.63, 3.8) is 0 Å². The molecule has 0 aromatic heterocycles. The van der Waals surface area contributed by atoms with Crippen LogP contribution in [0.25, 0.3) is 0 Å². The summed E-state index contributed by atoms with van der Waals surface area (Å²) in [5, 5.41) is 0. The van der Waals surface area contributed by atoms with Crippen LogP contribution in [0.2, 0.25) is 0 Å². The van der Waals surface area contributed by atoms with Crippen LogP contribution in [0.3, 0.4) is 0 Å². The average Bonchev–Trinajstić information content (AvgIpc) is 3.33. The first-order valence-electron chi connectivity index (χ1n) is 10.8. The summed E-state index contributed by atoms with van der Waals surface area (Å²) in [6.45, 7) is 11.1. The van der Waals surface area contributed by atoms with E-state index < -0.39 is 0 Å². The molecule has 4 rings (SSSR count). The van der Waals surface area contributed by atoms with Gasteiger partial charge in [-0.15, -0.1) is 0 Å². The normalized spacial score (nSPS) is 50.7. The van der Waals surface area contributed by atoms with Crippen molar-refractivity contribution in [1.29, 1.82) is 0 Å². The number of ether oxygens (including phenoxy) is 3. The summed E-state index contributed by atoms with van der Waals surface area (Å²) in [5.41, 5.74) is 1.42. The summed E-state index contributed by atoms with van der Waals surface area (Å²) in [7, 11) is 1.65. The van der Waals surface area contributed by atoms with E-state index in [9.17, 15) is 4.79 Å². The Balaban J connectivity index is 1.65. The van der Waals surface area contributed by atoms with Gasteiger partial charge in [0.05, 0.1) is 17.8 Å². The molecule has 27 heavy (non-hydrogen) atoms. The largest absolute Gasteiger partial charge is 0.459 e. The number of allylic oxidation sites excluding steroid dienone is 1. The van der Waals surface area contributed by atoms with Crippen molar-refractivity contribution in [2.45, 2.75) is 77.9 Å². The Bertz CT molecular complexity index is 636. The fraction of sp³-hybridized carbons (Fsp3) is 0.870. The Kier molecular flexibility index (Phi) is 4.74. The van der Waals surface area contributed by atoms with E-state index in [-0.39, 0.29) is 23.1 Å². The Morgan fingerprint density at radius 3 is 2.63 bits per heavy atom. The van der Waals surface area contributed by atoms with Crippen molar-refractivity contribution in [3.05, 3.63) is 11.6 Å². The number of methoxy groups -OCH3 is 1. The molecule has 152 valence electrons. The third-order valence-electron chi connectivity index (χ3n) is 9.20. The molecule has 4 nitrogen and oxygen atoms in total. The maximum Gasteiger partial charge on any atom is 0.336 e. The van der Waals surface area contributed by atoms with E-state index in [1.54, 1.807) is 7.11 Å². The van der Waals surface area contributed by atoms with Gasteiger partial charge in [0, 0.05) is 7.11 Å². The van der Waals surface area contributed by atoms with Crippen LogP contribution in [-0.2, 0) is 19.0 Å². The average molecular weight is 377 g/mol. The highest BCUT2D eigenvalue weighted by molar-refractivity contribution is 5.91. The molecule has 0 bridgehead atoms. The predicted octanol–water partition coefficient (Wildman–Crippen LogP) is 4.52. The zero-order valence-electron chi connectivity index (χ0n) is 17.7. The summed E-state index contributed by atoms with van der Waals surface area (Å²) >= 11 is 0. The Morgan fingerprint density at radius 1 is 1.26 bits per heavy atom. The zero-order chi connectivity index (χ0) is 19.4. The van der Waals surface area contributed by atoms with Crippen LogP contribution < -0.4 is 0 Å². The van der Waals surface area contributed by atoms with Gasteiger partial charge >= 0.3 is 5.97 Å². The predicted molar refractivity (Wildman–Crippen MR) is 104 cm³/mol. The molecule has 2 saturated carbocycles. The second-order valence-electron chi connectivity index (χ2n) is 10.0. The molecular weight excluding hydrogens is 340 g/mol. The van der Waals surface area contributed by atoms with Crippen LogP contribution in [0, 0.1) is 28.6 Å². The van der Waals surface area contributed by atoms with Crippen molar-refractivity contribution in [3.8, 4) is 0 Å². The van der Waals surface area contributed by atoms with Gasteiger partial charge in [-0.2, -0.15) is 0 Å². The van der Waals surface area contributed by atoms with Crippen LogP contribution in [0.1, 0.15) is 66.2 Å². The van der Waals surface area contributed by atoms with Gasteiger partial charge in [0.25, 0.3) is 0 Å². The molecular formula is C23H36O4. The van der Waals surface area contributed by atoms with Crippen molar-refractivity contribution >= 4 is 5.97 Å². The van der Waals surface area contributed by atoms with Crippen LogP contribution >= 0.6 is 0 Å². The van der Waals surface area contributed by atoms with Crippen LogP contribution in [0.15, 0.2) is 11.6 Å². The molecule has 0 N–H and O–H groups in total. The number of epoxide rings is 1. The topological polar surface area (TPSA) is 48.1 Å². The first kappa shape index (κ1) is 19.4. The lowest BCUT2D eigenvalue weighted by Crippen LogP contribution is -2.57. The molecule has 2 aliphatic heterocycles. The monoisotopic (exact) mass is 376 g/mol. The third-order valence-corrected chi connectivity index (χ3v) is 9.20. The first-order valence-corrected chi connectivity index (χ1v) is 10.8. The van der Waals surface area contributed by atoms with Gasteiger partial charge in [-0.05, 0) is 60.7 Å². The van der Waals surface area contributed by atoms with Gasteiger partial charge in [0.2, 0.25) is 0 Å². The van der Waals surface area contributed by atoms with Crippen molar-refractivity contribution in [2.24, 2.45) is 28.6 Å². The number of hydrogen-bond donors (Lipinski definition) is 0. The molecule has 4 aliphatic rings. The molecule has 2 aliphatic carbocycles. The standard InChI is InChI=1S/C23H36O4/c1-6-21(3)15(2)9-11-22(4)18(21)10-12-23(14-27-23)19(22)8-7-16-17(25-5)13-26-20(16)24/h7,15,17-19H,6,8-14H2,1-5H3/b16-7+/t15-,17-,18?,19?,21-,22+,23?/m1/s1. The lowest BCUT2D eigenvalue weighted by atomic mass is 9.43. The molecule has 0 amide bonds. The summed E-state index contributed by atoms with van der Waals surface area (Å²) in [6.07, 6.45) is 9.05. The SMILES string of the molecule is CC[C@@]1(C)C2CCC3(CO3)C(C/C=C3/C(=O)OC[C@H]3OC)[C@@]2(C)CC[C@H]1C. The van der Waals surface area contributed by atoms with Crippen molar-refractivity contribution in [2.75, 3.05) is 20.3 Å². The maximum atomic E-state index is 12.1. The van der Waals surface area contributed by atoms with E-state index in [1.165, 1.54) is 32.1 Å². The quantitative estimate of drug-likeness (QED) is 0.411. The highest BCUT2D eigenvalue weighted by Crippen LogP contribution is 2.68. The van der Waals surface area contributed by atoms with Gasteiger partial charge in [-0.1, -0.05) is 40.2 Å². The fourth-order valence-electron chi connectivity index (χ4n) is 7.00. The molecule has 1 spiro atoms. The summed E-state index contributed by atoms with van der Waals surface area (Å²) < 4.78 is 16.8. The number of fused-ring (bicyclic) bond motifs is 1. The molecule has 2 saturated heterocycles. The Morgan fingerprint density at radius 2 is 2.00 bits per heavy atom. The van der Waals surface area contributed by atoms with E-state index >= 15 is 0 Å². The Labute approximate surface area is 164 Å². The number of rotatable bonds is 4. The zero-order valence-corrected chi connectivity index (χ0v) is 17.7. The van der Waals surface area contributed by atoms with Gasteiger partial charge in [0.15, 0.2) is 0 Å². The lowest BCUT2D eigenvalue weighted by molar-refractivity contribution is -0.136. The highest BCUT2D eigenvalue weighted by atomic mass is 16.6. The molecule has 4 heteroatoms. The minimum absolute atomic E-state index is 0.0443. The first-order chi connectivity index (χ1) is 12.8. The second kappa shape index (κ2) is 6.59. The molecule has 2 heterocycles. The molecule has 0 aromatic carbocycles. The lowest BCUT2D eigenvalue weighted by Gasteiger charge is -2.62. The van der Waals surface area contributed by atoms with Crippen LogP contribution in [0.4, 0.5) is 0 Å². The number of carbonyl (C=O) groups excluding carboxylic acids is 1. The Hall–Kier alpha value is -0.870. The van der Waals surface area contributed by atoms with E-state index in [0.29, 0.717) is 23.5 Å². The summed E-state index contributed by atoms with van der Waals surface area (Å²) in [6, 6.07) is 0. The minimum atomic E-state index is -0.215.